The molecular weight excluding hydrogens is 378 g/mol. The van der Waals surface area contributed by atoms with Gasteiger partial charge in [-0.05, 0) is 18.2 Å². The highest BCUT2D eigenvalue weighted by atomic mass is 32.2. The molecule has 1 N–H and O–H groups in total. The molecule has 8 nitrogen and oxygen atoms in total. The molecule has 26 heavy (non-hydrogen) atoms. The molecule has 0 atom stereocenters. The fourth-order valence-corrected chi connectivity index (χ4v) is 4.60. The summed E-state index contributed by atoms with van der Waals surface area (Å²) in [5, 5.41) is 19.2. The van der Waals surface area contributed by atoms with Crippen LogP contribution >= 0.6 is 0 Å². The number of azo groups is 1. The minimum Gasteiger partial charge on any atom is -0.507 e. The van der Waals surface area contributed by atoms with Crippen molar-refractivity contribution in [2.45, 2.75) is 10.6 Å². The summed E-state index contributed by atoms with van der Waals surface area (Å²) in [4.78, 5) is 1.54. The van der Waals surface area contributed by atoms with E-state index < -0.39 is 25.4 Å². The molecule has 2 rings (SSSR count). The minimum absolute atomic E-state index is 0.139. The van der Waals surface area contributed by atoms with E-state index in [1.165, 1.54) is 13.1 Å². The van der Waals surface area contributed by atoms with Gasteiger partial charge in [-0.15, -0.1) is 0 Å². The molecule has 0 aromatic heterocycles. The third-order valence-electron chi connectivity index (χ3n) is 3.80. The number of anilines is 1. The molecule has 0 aliphatic rings. The second kappa shape index (κ2) is 6.84. The van der Waals surface area contributed by atoms with Crippen LogP contribution in [0.15, 0.2) is 33.3 Å². The number of phenolic OH excluding ortho intramolecular Hbond substituents is 1. The van der Waals surface area contributed by atoms with Gasteiger partial charge in [0.1, 0.15) is 11.4 Å². The van der Waals surface area contributed by atoms with Crippen molar-refractivity contribution in [1.82, 2.24) is 0 Å². The Labute approximate surface area is 153 Å². The normalized spacial score (nSPS) is 12.8. The van der Waals surface area contributed by atoms with E-state index in [1.54, 1.807) is 31.1 Å². The van der Waals surface area contributed by atoms with E-state index in [1.807, 2.05) is 0 Å². The molecule has 0 fully saturated rings. The van der Waals surface area contributed by atoms with E-state index in [4.69, 9.17) is 0 Å². The third kappa shape index (κ3) is 3.96. The Morgan fingerprint density at radius 3 is 2.15 bits per heavy atom. The molecular formula is C16H21N3O5S2. The van der Waals surface area contributed by atoms with Crippen LogP contribution in [-0.4, -0.2) is 55.6 Å². The molecule has 0 unspecified atom stereocenters. The van der Waals surface area contributed by atoms with Gasteiger partial charge in [0.05, 0.1) is 16.3 Å². The summed E-state index contributed by atoms with van der Waals surface area (Å²) in [5.41, 5.74) is 0.929. The molecule has 2 aromatic carbocycles. The van der Waals surface area contributed by atoms with Gasteiger partial charge in [-0.25, -0.2) is 16.8 Å². The zero-order valence-corrected chi connectivity index (χ0v) is 16.8. The Balaban J connectivity index is 3.06. The van der Waals surface area contributed by atoms with E-state index in [9.17, 15) is 21.9 Å². The zero-order chi connectivity index (χ0) is 19.9. The minimum atomic E-state index is -3.79. The Bertz CT molecular complexity index is 1100. The van der Waals surface area contributed by atoms with Gasteiger partial charge < -0.3 is 10.0 Å². The van der Waals surface area contributed by atoms with E-state index >= 15 is 0 Å². The van der Waals surface area contributed by atoms with Crippen LogP contribution in [0.1, 0.15) is 5.56 Å². The summed E-state index contributed by atoms with van der Waals surface area (Å²) in [5.74, 6) is -0.969. The number of hydrogen-bond acceptors (Lipinski definition) is 8. The predicted molar refractivity (Wildman–Crippen MR) is 102 cm³/mol. The maximum absolute atomic E-state index is 12.3. The van der Waals surface area contributed by atoms with Gasteiger partial charge in [-0.2, -0.15) is 10.2 Å². The van der Waals surface area contributed by atoms with Crippen LogP contribution in [0.25, 0.3) is 10.8 Å². The van der Waals surface area contributed by atoms with Gasteiger partial charge in [-0.1, -0.05) is 0 Å². The van der Waals surface area contributed by atoms with Crippen molar-refractivity contribution in [3.63, 3.8) is 0 Å². The van der Waals surface area contributed by atoms with Crippen LogP contribution < -0.4 is 4.90 Å². The summed E-state index contributed by atoms with van der Waals surface area (Å²) in [6.07, 6.45) is 1.95. The van der Waals surface area contributed by atoms with Crippen LogP contribution in [-0.2, 0) is 25.4 Å². The van der Waals surface area contributed by atoms with E-state index in [0.29, 0.717) is 22.1 Å². The number of phenols is 1. The van der Waals surface area contributed by atoms with Crippen LogP contribution in [0.3, 0.4) is 0 Å². The molecule has 0 radical (unpaired) electrons. The largest absolute Gasteiger partial charge is 0.507 e. The number of nitrogens with zero attached hydrogens (tertiary/aromatic N) is 3. The van der Waals surface area contributed by atoms with Crippen LogP contribution in [0, 0.1) is 0 Å². The Morgan fingerprint density at radius 1 is 1.08 bits per heavy atom. The standard InChI is InChI=1S/C16H21N3O5S2/c1-17-18-15-11-8-14(26(5,23)24)12(9-25(4,21)22)16(20)10(11)6-7-13(15)19(2)3/h6-8,20H,9H2,1-5H3. The monoisotopic (exact) mass is 399 g/mol. The van der Waals surface area contributed by atoms with Crippen molar-refractivity contribution in [3.05, 3.63) is 23.8 Å². The average Bonchev–Trinajstić information content (AvgIpc) is 2.47. The Morgan fingerprint density at radius 2 is 1.69 bits per heavy atom. The van der Waals surface area contributed by atoms with E-state index in [0.717, 1.165) is 12.5 Å². The molecule has 0 saturated carbocycles. The lowest BCUT2D eigenvalue weighted by Crippen LogP contribution is -2.10. The summed E-state index contributed by atoms with van der Waals surface area (Å²) in [6.45, 7) is 0. The molecule has 0 saturated heterocycles. The summed E-state index contributed by atoms with van der Waals surface area (Å²) in [6, 6.07) is 4.66. The summed E-state index contributed by atoms with van der Waals surface area (Å²) < 4.78 is 48.0. The number of sulfone groups is 2. The van der Waals surface area contributed by atoms with Crippen LogP contribution in [0.4, 0.5) is 11.4 Å². The molecule has 0 heterocycles. The van der Waals surface area contributed by atoms with E-state index in [2.05, 4.69) is 10.2 Å². The van der Waals surface area contributed by atoms with Gasteiger partial charge in [0.2, 0.25) is 0 Å². The van der Waals surface area contributed by atoms with Crippen molar-refractivity contribution < 1.29 is 21.9 Å². The first kappa shape index (κ1) is 20.1. The topological polar surface area (TPSA) is 116 Å². The van der Waals surface area contributed by atoms with Gasteiger partial charge in [0.15, 0.2) is 19.7 Å². The van der Waals surface area contributed by atoms with E-state index in [-0.39, 0.29) is 16.2 Å². The molecule has 0 aliphatic carbocycles. The number of rotatable bonds is 5. The maximum atomic E-state index is 12.3. The highest BCUT2D eigenvalue weighted by Crippen LogP contribution is 2.43. The van der Waals surface area contributed by atoms with Gasteiger partial charge in [-0.3, -0.25) is 0 Å². The quantitative estimate of drug-likeness (QED) is 0.771. The van der Waals surface area contributed by atoms with Crippen molar-refractivity contribution in [3.8, 4) is 5.75 Å². The number of aromatic hydroxyl groups is 1. The van der Waals surface area contributed by atoms with Crippen molar-refractivity contribution >= 4 is 41.8 Å². The van der Waals surface area contributed by atoms with Crippen molar-refractivity contribution in [2.75, 3.05) is 38.6 Å². The van der Waals surface area contributed by atoms with Crippen LogP contribution in [0.5, 0.6) is 5.75 Å². The predicted octanol–water partition coefficient (Wildman–Crippen LogP) is 2.27. The second-order valence-corrected chi connectivity index (χ2v) is 10.4. The Kier molecular flexibility index (Phi) is 5.29. The van der Waals surface area contributed by atoms with Gasteiger partial charge in [0.25, 0.3) is 0 Å². The molecule has 0 bridgehead atoms. The smallest absolute Gasteiger partial charge is 0.175 e. The lowest BCUT2D eigenvalue weighted by molar-refractivity contribution is 0.473. The number of benzene rings is 2. The summed E-state index contributed by atoms with van der Waals surface area (Å²) >= 11 is 0. The third-order valence-corrected chi connectivity index (χ3v) is 5.77. The SMILES string of the molecule is CN=Nc1c(N(C)C)ccc2c(O)c(CS(C)(=O)=O)c(S(C)(=O)=O)cc12. The van der Waals surface area contributed by atoms with Gasteiger partial charge >= 0.3 is 0 Å². The first-order valence-electron chi connectivity index (χ1n) is 7.53. The highest BCUT2D eigenvalue weighted by Gasteiger charge is 2.24. The highest BCUT2D eigenvalue weighted by molar-refractivity contribution is 7.91. The van der Waals surface area contributed by atoms with Gasteiger partial charge in [0, 0.05) is 50.0 Å². The molecule has 0 amide bonds. The first-order valence-corrected chi connectivity index (χ1v) is 11.5. The summed E-state index contributed by atoms with van der Waals surface area (Å²) in [7, 11) is -2.29. The lowest BCUT2D eigenvalue weighted by Gasteiger charge is -2.19. The fourth-order valence-electron chi connectivity index (χ4n) is 2.75. The van der Waals surface area contributed by atoms with Crippen LogP contribution in [0.2, 0.25) is 0 Å². The molecule has 10 heteroatoms. The molecule has 2 aromatic rings. The maximum Gasteiger partial charge on any atom is 0.175 e. The molecule has 0 aliphatic heterocycles. The van der Waals surface area contributed by atoms with Crippen molar-refractivity contribution in [1.29, 1.82) is 0 Å². The zero-order valence-electron chi connectivity index (χ0n) is 15.2. The second-order valence-electron chi connectivity index (χ2n) is 6.27. The Hall–Kier alpha value is -2.20. The molecule has 0 spiro atoms. The fraction of sp³-hybridized carbons (Fsp3) is 0.375. The molecule has 142 valence electrons. The average molecular weight is 399 g/mol. The lowest BCUT2D eigenvalue weighted by atomic mass is 10.0. The number of fused-ring (bicyclic) bond motifs is 1. The number of hydrogen-bond donors (Lipinski definition) is 1. The van der Waals surface area contributed by atoms with Crippen molar-refractivity contribution in [2.24, 2.45) is 10.2 Å². The first-order chi connectivity index (χ1) is 11.9.